The number of benzene rings is 1. The van der Waals surface area contributed by atoms with Crippen LogP contribution in [0.15, 0.2) is 52.6 Å². The van der Waals surface area contributed by atoms with Gasteiger partial charge in [-0.25, -0.2) is 4.79 Å². The van der Waals surface area contributed by atoms with Crippen LogP contribution < -0.4 is 10.9 Å². The number of thiophene rings is 1. The smallest absolute Gasteiger partial charge is 0.360 e. The summed E-state index contributed by atoms with van der Waals surface area (Å²) in [5.41, 5.74) is 1.79. The Morgan fingerprint density at radius 3 is 2.69 bits per heavy atom. The molecule has 0 unspecified atom stereocenters. The maximum Gasteiger partial charge on any atom is 0.360 e. The molecule has 0 atom stereocenters. The summed E-state index contributed by atoms with van der Waals surface area (Å²) in [6, 6.07) is 12.7. The highest BCUT2D eigenvalue weighted by Gasteiger charge is 2.18. The molecular weight excluding hydrogens is 350 g/mol. The van der Waals surface area contributed by atoms with Gasteiger partial charge in [0.05, 0.1) is 18.0 Å². The van der Waals surface area contributed by atoms with Gasteiger partial charge in [-0.1, -0.05) is 23.8 Å². The van der Waals surface area contributed by atoms with Crippen molar-refractivity contribution < 1.29 is 9.53 Å². The lowest BCUT2D eigenvalue weighted by atomic mass is 10.2. The number of rotatable bonds is 6. The second kappa shape index (κ2) is 7.97. The number of carbonyl (C=O) groups excluding carboxylic acids is 1. The SMILES string of the molecule is CCOC(=O)c1nn(-c2ccc(C)cc2)c(=O)cc1NCc1cccs1. The van der Waals surface area contributed by atoms with Gasteiger partial charge in [0.15, 0.2) is 5.69 Å². The summed E-state index contributed by atoms with van der Waals surface area (Å²) in [6.07, 6.45) is 0. The molecule has 7 heteroatoms. The molecule has 26 heavy (non-hydrogen) atoms. The Kier molecular flexibility index (Phi) is 5.48. The molecule has 3 rings (SSSR count). The number of hydrogen-bond acceptors (Lipinski definition) is 6. The Balaban J connectivity index is 2.00. The van der Waals surface area contributed by atoms with E-state index in [4.69, 9.17) is 4.74 Å². The normalized spacial score (nSPS) is 10.5. The van der Waals surface area contributed by atoms with E-state index in [9.17, 15) is 9.59 Å². The van der Waals surface area contributed by atoms with Gasteiger partial charge < -0.3 is 10.1 Å². The van der Waals surface area contributed by atoms with Crippen LogP contribution in [-0.4, -0.2) is 22.4 Å². The minimum Gasteiger partial charge on any atom is -0.461 e. The van der Waals surface area contributed by atoms with Gasteiger partial charge in [0.1, 0.15) is 0 Å². The van der Waals surface area contributed by atoms with E-state index in [1.54, 1.807) is 30.4 Å². The van der Waals surface area contributed by atoms with Gasteiger partial charge in [-0.2, -0.15) is 9.78 Å². The second-order valence-electron chi connectivity index (χ2n) is 5.65. The van der Waals surface area contributed by atoms with Gasteiger partial charge >= 0.3 is 5.97 Å². The molecule has 0 bridgehead atoms. The monoisotopic (exact) mass is 369 g/mol. The van der Waals surface area contributed by atoms with Crippen molar-refractivity contribution in [2.24, 2.45) is 0 Å². The van der Waals surface area contributed by atoms with Crippen LogP contribution in [0.4, 0.5) is 5.69 Å². The lowest BCUT2D eigenvalue weighted by Crippen LogP contribution is -2.25. The summed E-state index contributed by atoms with van der Waals surface area (Å²) in [4.78, 5) is 26.0. The van der Waals surface area contributed by atoms with Gasteiger partial charge in [-0.15, -0.1) is 11.3 Å². The molecule has 0 radical (unpaired) electrons. The van der Waals surface area contributed by atoms with Crippen LogP contribution >= 0.6 is 11.3 Å². The van der Waals surface area contributed by atoms with Crippen molar-refractivity contribution in [3.8, 4) is 5.69 Å². The predicted octanol–water partition coefficient (Wildman–Crippen LogP) is 3.39. The van der Waals surface area contributed by atoms with E-state index in [0.717, 1.165) is 10.4 Å². The Morgan fingerprint density at radius 2 is 2.04 bits per heavy atom. The summed E-state index contributed by atoms with van der Waals surface area (Å²) in [6.45, 7) is 4.42. The minimum atomic E-state index is -0.568. The van der Waals surface area contributed by atoms with Crippen LogP contribution in [0.1, 0.15) is 27.9 Å². The summed E-state index contributed by atoms with van der Waals surface area (Å²) >= 11 is 1.59. The fourth-order valence-electron chi connectivity index (χ4n) is 2.41. The molecule has 1 N–H and O–H groups in total. The molecule has 1 aromatic carbocycles. The molecule has 0 amide bonds. The van der Waals surface area contributed by atoms with Crippen LogP contribution in [0.3, 0.4) is 0 Å². The van der Waals surface area contributed by atoms with Crippen molar-refractivity contribution in [2.75, 3.05) is 11.9 Å². The van der Waals surface area contributed by atoms with Crippen LogP contribution in [0, 0.1) is 6.92 Å². The number of nitrogens with zero attached hydrogens (tertiary/aromatic N) is 2. The maximum absolute atomic E-state index is 12.5. The third-order valence-electron chi connectivity index (χ3n) is 3.71. The Bertz CT molecular complexity index is 947. The minimum absolute atomic E-state index is 0.0866. The summed E-state index contributed by atoms with van der Waals surface area (Å²) in [7, 11) is 0. The molecule has 3 aromatic rings. The topological polar surface area (TPSA) is 73.2 Å². The third-order valence-corrected chi connectivity index (χ3v) is 4.59. The Hall–Kier alpha value is -2.93. The van der Waals surface area contributed by atoms with E-state index in [0.29, 0.717) is 17.9 Å². The lowest BCUT2D eigenvalue weighted by molar-refractivity contribution is 0.0518. The maximum atomic E-state index is 12.5. The molecule has 0 aliphatic carbocycles. The number of ether oxygens (including phenoxy) is 1. The molecular formula is C19H19N3O3S. The van der Waals surface area contributed by atoms with Gasteiger partial charge in [0.25, 0.3) is 5.56 Å². The first-order valence-electron chi connectivity index (χ1n) is 8.23. The van der Waals surface area contributed by atoms with Gasteiger partial charge in [0, 0.05) is 17.5 Å². The van der Waals surface area contributed by atoms with Crippen molar-refractivity contribution in [1.29, 1.82) is 0 Å². The zero-order valence-corrected chi connectivity index (χ0v) is 15.4. The molecule has 0 aliphatic rings. The largest absolute Gasteiger partial charge is 0.461 e. The average Bonchev–Trinajstić information content (AvgIpc) is 3.14. The highest BCUT2D eigenvalue weighted by Crippen LogP contribution is 2.17. The highest BCUT2D eigenvalue weighted by atomic mass is 32.1. The molecule has 2 heterocycles. The van der Waals surface area contributed by atoms with E-state index in [-0.39, 0.29) is 17.9 Å². The highest BCUT2D eigenvalue weighted by molar-refractivity contribution is 7.09. The third kappa shape index (κ3) is 4.00. The summed E-state index contributed by atoms with van der Waals surface area (Å²) in [5.74, 6) is -0.568. The van der Waals surface area contributed by atoms with E-state index < -0.39 is 5.97 Å². The van der Waals surface area contributed by atoms with Crippen molar-refractivity contribution in [3.63, 3.8) is 0 Å². The molecule has 134 valence electrons. The molecule has 0 aliphatic heterocycles. The Morgan fingerprint density at radius 1 is 1.27 bits per heavy atom. The number of carbonyl (C=O) groups is 1. The van der Waals surface area contributed by atoms with Gasteiger partial charge in [0.2, 0.25) is 0 Å². The number of nitrogens with one attached hydrogen (secondary N) is 1. The zero-order valence-electron chi connectivity index (χ0n) is 14.6. The Labute approximate surface area is 155 Å². The number of esters is 1. The quantitative estimate of drug-likeness (QED) is 0.674. The summed E-state index contributed by atoms with van der Waals surface area (Å²) < 4.78 is 6.31. The van der Waals surface area contributed by atoms with Crippen molar-refractivity contribution in [2.45, 2.75) is 20.4 Å². The number of hydrogen-bond donors (Lipinski definition) is 1. The first kappa shape index (κ1) is 17.9. The first-order chi connectivity index (χ1) is 12.6. The summed E-state index contributed by atoms with van der Waals surface area (Å²) in [5, 5.41) is 9.35. The lowest BCUT2D eigenvalue weighted by Gasteiger charge is -2.12. The number of anilines is 1. The van der Waals surface area contributed by atoms with Crippen LogP contribution in [-0.2, 0) is 11.3 Å². The fourth-order valence-corrected chi connectivity index (χ4v) is 3.05. The van der Waals surface area contributed by atoms with Gasteiger partial charge in [-0.05, 0) is 37.4 Å². The molecule has 6 nitrogen and oxygen atoms in total. The average molecular weight is 369 g/mol. The van der Waals surface area contributed by atoms with E-state index in [1.165, 1.54) is 10.7 Å². The van der Waals surface area contributed by atoms with Crippen LogP contribution in [0.5, 0.6) is 0 Å². The molecule has 0 saturated heterocycles. The molecule has 2 aromatic heterocycles. The van der Waals surface area contributed by atoms with Crippen molar-refractivity contribution >= 4 is 23.0 Å². The van der Waals surface area contributed by atoms with Gasteiger partial charge in [-0.3, -0.25) is 4.79 Å². The zero-order chi connectivity index (χ0) is 18.5. The molecule has 0 fully saturated rings. The van der Waals surface area contributed by atoms with E-state index >= 15 is 0 Å². The fraction of sp³-hybridized carbons (Fsp3) is 0.211. The second-order valence-corrected chi connectivity index (χ2v) is 6.68. The first-order valence-corrected chi connectivity index (χ1v) is 9.11. The molecule has 0 saturated carbocycles. The standard InChI is InChI=1S/C19H19N3O3S/c1-3-25-19(24)18-16(20-12-15-5-4-10-26-15)11-17(23)22(21-18)14-8-6-13(2)7-9-14/h4-11,20H,3,12H2,1-2H3. The predicted molar refractivity (Wildman–Crippen MR) is 102 cm³/mol. The van der Waals surface area contributed by atoms with Crippen LogP contribution in [0.25, 0.3) is 5.69 Å². The van der Waals surface area contributed by atoms with Crippen molar-refractivity contribution in [3.05, 3.63) is 74.3 Å². The van der Waals surface area contributed by atoms with E-state index in [1.807, 2.05) is 36.6 Å². The van der Waals surface area contributed by atoms with Crippen molar-refractivity contribution in [1.82, 2.24) is 9.78 Å². The van der Waals surface area contributed by atoms with E-state index in [2.05, 4.69) is 10.4 Å². The van der Waals surface area contributed by atoms with Crippen LogP contribution in [0.2, 0.25) is 0 Å². The number of aryl methyl sites for hydroxylation is 1. The molecule has 0 spiro atoms. The number of aromatic nitrogens is 2.